The topological polar surface area (TPSA) is 40.5 Å². The summed E-state index contributed by atoms with van der Waals surface area (Å²) in [7, 11) is 1.80. The summed E-state index contributed by atoms with van der Waals surface area (Å²) in [6.45, 7) is 2.58. The number of hydrogen-bond acceptors (Lipinski definition) is 3. The van der Waals surface area contributed by atoms with E-state index in [0.29, 0.717) is 12.3 Å². The number of halogens is 1. The van der Waals surface area contributed by atoms with Crippen molar-refractivity contribution in [2.45, 2.75) is 18.4 Å². The van der Waals surface area contributed by atoms with E-state index in [0.717, 1.165) is 20.5 Å². The van der Waals surface area contributed by atoms with Gasteiger partial charge < -0.3 is 10.0 Å². The van der Waals surface area contributed by atoms with Crippen LogP contribution < -0.4 is 0 Å². The molecule has 0 atom stereocenters. The zero-order valence-electron chi connectivity index (χ0n) is 12.5. The summed E-state index contributed by atoms with van der Waals surface area (Å²) in [6.07, 6.45) is 0. The Kier molecular flexibility index (Phi) is 5.91. The van der Waals surface area contributed by atoms with E-state index in [4.69, 9.17) is 0 Å². The molecule has 0 saturated carbocycles. The summed E-state index contributed by atoms with van der Waals surface area (Å²) in [5, 5.41) is 9.27. The van der Waals surface area contributed by atoms with Crippen molar-refractivity contribution in [3.63, 3.8) is 0 Å². The van der Waals surface area contributed by atoms with E-state index < -0.39 is 0 Å². The lowest BCUT2D eigenvalue weighted by atomic mass is 10.2. The molecule has 116 valence electrons. The minimum Gasteiger partial charge on any atom is -0.508 e. The molecule has 0 fully saturated rings. The molecule has 1 N–H and O–H groups in total. The average Bonchev–Trinajstić information content (AvgIpc) is 2.48. The number of benzene rings is 2. The number of hydrogen-bond donors (Lipinski definition) is 1. The lowest BCUT2D eigenvalue weighted by Gasteiger charge is -2.17. The summed E-state index contributed by atoms with van der Waals surface area (Å²) in [6, 6.07) is 13.0. The smallest absolute Gasteiger partial charge is 0.232 e. The first-order valence-electron chi connectivity index (χ1n) is 6.86. The van der Waals surface area contributed by atoms with Crippen molar-refractivity contribution in [3.8, 4) is 5.75 Å². The largest absolute Gasteiger partial charge is 0.508 e. The number of carbonyl (C=O) groups excluding carboxylic acids is 1. The van der Waals surface area contributed by atoms with Crippen LogP contribution >= 0.6 is 27.7 Å². The van der Waals surface area contributed by atoms with Gasteiger partial charge in [0.15, 0.2) is 0 Å². The van der Waals surface area contributed by atoms with Crippen LogP contribution in [0.5, 0.6) is 5.75 Å². The Morgan fingerprint density at radius 3 is 2.55 bits per heavy atom. The zero-order chi connectivity index (χ0) is 16.1. The van der Waals surface area contributed by atoms with Crippen molar-refractivity contribution in [2.75, 3.05) is 12.8 Å². The molecule has 1 amide bonds. The second-order valence-corrected chi connectivity index (χ2v) is 7.05. The van der Waals surface area contributed by atoms with E-state index in [1.165, 1.54) is 0 Å². The Labute approximate surface area is 143 Å². The number of aryl methyl sites for hydroxylation is 1. The molecule has 0 aliphatic rings. The molecule has 0 heterocycles. The predicted octanol–water partition coefficient (Wildman–Crippen LogP) is 4.21. The van der Waals surface area contributed by atoms with Crippen LogP contribution in [0.1, 0.15) is 11.1 Å². The number of thioether (sulfide) groups is 1. The molecule has 2 rings (SSSR count). The fourth-order valence-corrected chi connectivity index (χ4v) is 3.41. The highest BCUT2D eigenvalue weighted by molar-refractivity contribution is 9.10. The van der Waals surface area contributed by atoms with Gasteiger partial charge in [-0.25, -0.2) is 0 Å². The summed E-state index contributed by atoms with van der Waals surface area (Å²) in [5.41, 5.74) is 2.16. The highest BCUT2D eigenvalue weighted by atomic mass is 79.9. The first-order chi connectivity index (χ1) is 10.5. The Morgan fingerprint density at radius 1 is 1.23 bits per heavy atom. The molecule has 2 aromatic carbocycles. The van der Waals surface area contributed by atoms with Crippen molar-refractivity contribution < 1.29 is 9.90 Å². The van der Waals surface area contributed by atoms with Gasteiger partial charge in [0, 0.05) is 23.0 Å². The van der Waals surface area contributed by atoms with Gasteiger partial charge in [-0.3, -0.25) is 4.79 Å². The number of aromatic hydroxyl groups is 1. The number of carbonyl (C=O) groups is 1. The maximum absolute atomic E-state index is 12.2. The van der Waals surface area contributed by atoms with E-state index in [-0.39, 0.29) is 11.7 Å². The number of amides is 1. The molecule has 0 aliphatic carbocycles. The molecule has 22 heavy (non-hydrogen) atoms. The molecule has 0 unspecified atom stereocenters. The highest BCUT2D eigenvalue weighted by Gasteiger charge is 2.11. The van der Waals surface area contributed by atoms with Gasteiger partial charge in [-0.05, 0) is 48.4 Å². The van der Waals surface area contributed by atoms with E-state index in [2.05, 4.69) is 15.9 Å². The monoisotopic (exact) mass is 379 g/mol. The number of phenols is 1. The second-order valence-electron chi connectivity index (χ2n) is 5.11. The van der Waals surface area contributed by atoms with Gasteiger partial charge in [-0.2, -0.15) is 0 Å². The van der Waals surface area contributed by atoms with Crippen molar-refractivity contribution >= 4 is 33.6 Å². The number of phenolic OH excluding ortho intramolecular Hbond substituents is 1. The third-order valence-electron chi connectivity index (χ3n) is 3.27. The van der Waals surface area contributed by atoms with E-state index in [1.807, 2.05) is 37.3 Å². The van der Waals surface area contributed by atoms with Gasteiger partial charge in [0.25, 0.3) is 0 Å². The molecular formula is C17H18BrNO2S. The van der Waals surface area contributed by atoms with Crippen LogP contribution in [0.2, 0.25) is 0 Å². The minimum atomic E-state index is 0.0837. The van der Waals surface area contributed by atoms with E-state index >= 15 is 0 Å². The quantitative estimate of drug-likeness (QED) is 0.790. The third-order valence-corrected chi connectivity index (χ3v) is 4.92. The minimum absolute atomic E-state index is 0.0837. The zero-order valence-corrected chi connectivity index (χ0v) is 14.9. The van der Waals surface area contributed by atoms with Crippen LogP contribution in [0.15, 0.2) is 51.8 Å². The van der Waals surface area contributed by atoms with Gasteiger partial charge >= 0.3 is 0 Å². The van der Waals surface area contributed by atoms with Gasteiger partial charge in [-0.15, -0.1) is 11.8 Å². The van der Waals surface area contributed by atoms with Crippen LogP contribution in [-0.4, -0.2) is 28.7 Å². The fraction of sp³-hybridized carbons (Fsp3) is 0.235. The van der Waals surface area contributed by atoms with E-state index in [1.54, 1.807) is 35.8 Å². The molecule has 0 radical (unpaired) electrons. The SMILES string of the molecule is Cc1cc(Br)ccc1SCC(=O)N(C)Cc1ccc(O)cc1. The molecule has 3 nitrogen and oxygen atoms in total. The lowest BCUT2D eigenvalue weighted by Crippen LogP contribution is -2.27. The van der Waals surface area contributed by atoms with Gasteiger partial charge in [0.05, 0.1) is 5.75 Å². The van der Waals surface area contributed by atoms with Gasteiger partial charge in [0.1, 0.15) is 5.75 Å². The maximum Gasteiger partial charge on any atom is 0.232 e. The van der Waals surface area contributed by atoms with Gasteiger partial charge in [0.2, 0.25) is 5.91 Å². The normalized spacial score (nSPS) is 10.5. The Hall–Kier alpha value is -1.46. The van der Waals surface area contributed by atoms with E-state index in [9.17, 15) is 9.90 Å². The first kappa shape index (κ1) is 16.9. The Balaban J connectivity index is 1.89. The maximum atomic E-state index is 12.2. The highest BCUT2D eigenvalue weighted by Crippen LogP contribution is 2.25. The van der Waals surface area contributed by atoms with Crippen LogP contribution in [0.4, 0.5) is 0 Å². The second kappa shape index (κ2) is 7.70. The summed E-state index contributed by atoms with van der Waals surface area (Å²) in [5.74, 6) is 0.733. The van der Waals surface area contributed by atoms with Crippen LogP contribution in [-0.2, 0) is 11.3 Å². The summed E-state index contributed by atoms with van der Waals surface area (Å²) < 4.78 is 1.05. The lowest BCUT2D eigenvalue weighted by molar-refractivity contribution is -0.127. The third kappa shape index (κ3) is 4.78. The predicted molar refractivity (Wildman–Crippen MR) is 94.2 cm³/mol. The van der Waals surface area contributed by atoms with Crippen LogP contribution in [0.3, 0.4) is 0 Å². The van der Waals surface area contributed by atoms with Crippen molar-refractivity contribution in [3.05, 3.63) is 58.1 Å². The molecule has 0 bridgehead atoms. The molecule has 0 aromatic heterocycles. The van der Waals surface area contributed by atoms with Crippen LogP contribution in [0.25, 0.3) is 0 Å². The van der Waals surface area contributed by atoms with Crippen molar-refractivity contribution in [1.82, 2.24) is 4.90 Å². The van der Waals surface area contributed by atoms with Gasteiger partial charge in [-0.1, -0.05) is 28.1 Å². The van der Waals surface area contributed by atoms with Crippen molar-refractivity contribution in [2.24, 2.45) is 0 Å². The fourth-order valence-electron chi connectivity index (χ4n) is 1.99. The first-order valence-corrected chi connectivity index (χ1v) is 8.64. The van der Waals surface area contributed by atoms with Crippen molar-refractivity contribution in [1.29, 1.82) is 0 Å². The standard InChI is InChI=1S/C17H18BrNO2S/c1-12-9-14(18)5-8-16(12)22-11-17(21)19(2)10-13-3-6-15(20)7-4-13/h3-9,20H,10-11H2,1-2H3. The molecule has 0 spiro atoms. The molecule has 0 aliphatic heterocycles. The molecule has 2 aromatic rings. The van der Waals surface area contributed by atoms with Crippen LogP contribution in [0, 0.1) is 6.92 Å². The number of nitrogens with zero attached hydrogens (tertiary/aromatic N) is 1. The summed E-state index contributed by atoms with van der Waals surface area (Å²) >= 11 is 4.99. The Bertz CT molecular complexity index is 658. The average molecular weight is 380 g/mol. The molecule has 5 heteroatoms. The summed E-state index contributed by atoms with van der Waals surface area (Å²) in [4.78, 5) is 15.0. The Morgan fingerprint density at radius 2 is 1.91 bits per heavy atom. The molecule has 0 saturated heterocycles. The molecular weight excluding hydrogens is 362 g/mol. The number of rotatable bonds is 5.